The van der Waals surface area contributed by atoms with E-state index in [2.05, 4.69) is 20.4 Å². The van der Waals surface area contributed by atoms with Gasteiger partial charge in [-0.25, -0.2) is 0 Å². The number of benzene rings is 1. The maximum absolute atomic E-state index is 12.6. The Bertz CT molecular complexity index is 642. The molecule has 1 atom stereocenters. The largest absolute Gasteiger partial charge is 0.325 e. The summed E-state index contributed by atoms with van der Waals surface area (Å²) >= 11 is 0. The lowest BCUT2D eigenvalue weighted by Crippen LogP contribution is -2.51. The first-order chi connectivity index (χ1) is 9.81. The second-order valence-corrected chi connectivity index (χ2v) is 5.87. The molecule has 0 spiro atoms. The quantitative estimate of drug-likeness (QED) is 0.875. The Morgan fingerprint density at radius 3 is 2.95 bits per heavy atom. The second kappa shape index (κ2) is 4.59. The highest BCUT2D eigenvalue weighted by Crippen LogP contribution is 2.33. The van der Waals surface area contributed by atoms with Crippen LogP contribution < -0.4 is 5.32 Å². The van der Waals surface area contributed by atoms with Crippen molar-refractivity contribution in [2.75, 3.05) is 25.0 Å². The van der Waals surface area contributed by atoms with Crippen LogP contribution in [0.3, 0.4) is 0 Å². The summed E-state index contributed by atoms with van der Waals surface area (Å²) in [6.07, 6.45) is 4.09. The average molecular weight is 270 g/mol. The van der Waals surface area contributed by atoms with Gasteiger partial charge in [-0.3, -0.25) is 9.89 Å². The Morgan fingerprint density at radius 2 is 2.20 bits per heavy atom. The maximum atomic E-state index is 12.6. The summed E-state index contributed by atoms with van der Waals surface area (Å²) < 4.78 is 0. The Kier molecular flexibility index (Phi) is 2.73. The van der Waals surface area contributed by atoms with Crippen molar-refractivity contribution < 1.29 is 4.79 Å². The first-order valence-corrected chi connectivity index (χ1v) is 7.26. The Morgan fingerprint density at radius 1 is 1.35 bits per heavy atom. The van der Waals surface area contributed by atoms with Crippen molar-refractivity contribution in [3.05, 3.63) is 24.4 Å². The lowest BCUT2D eigenvalue weighted by Gasteiger charge is -2.43. The van der Waals surface area contributed by atoms with Gasteiger partial charge in [-0.15, -0.1) is 0 Å². The summed E-state index contributed by atoms with van der Waals surface area (Å²) in [5.74, 6) is 0.858. The standard InChI is InChI=1S/C15H18N4O/c20-15(12-9-19-6-4-10(12)5-7-19)17-13-2-1-3-14-11(13)8-16-18-14/h1-3,8,10,12H,4-7,9H2,(H,16,18)(H,17,20). The third kappa shape index (κ3) is 1.89. The molecule has 5 nitrogen and oxygen atoms in total. The highest BCUT2D eigenvalue weighted by atomic mass is 16.2. The minimum absolute atomic E-state index is 0.139. The number of hydrogen-bond donors (Lipinski definition) is 2. The summed E-state index contributed by atoms with van der Waals surface area (Å²) in [6.45, 7) is 3.23. The molecular formula is C15H18N4O. The van der Waals surface area contributed by atoms with Crippen LogP contribution in [0.4, 0.5) is 5.69 Å². The van der Waals surface area contributed by atoms with Crippen LogP contribution in [0.5, 0.6) is 0 Å². The summed E-state index contributed by atoms with van der Waals surface area (Å²) in [7, 11) is 0. The molecule has 3 aliphatic rings. The first-order valence-electron chi connectivity index (χ1n) is 7.26. The summed E-state index contributed by atoms with van der Waals surface area (Å²) in [6, 6.07) is 5.84. The molecule has 0 radical (unpaired) electrons. The van der Waals surface area contributed by atoms with Crippen LogP contribution in [0.2, 0.25) is 0 Å². The molecule has 1 unspecified atom stereocenters. The van der Waals surface area contributed by atoms with Crippen molar-refractivity contribution in [1.29, 1.82) is 0 Å². The number of hydrogen-bond acceptors (Lipinski definition) is 3. The Labute approximate surface area is 117 Å². The lowest BCUT2D eigenvalue weighted by molar-refractivity contribution is -0.125. The molecule has 2 bridgehead atoms. The number of aromatic amines is 1. The molecule has 3 fully saturated rings. The third-order valence-electron chi connectivity index (χ3n) is 4.74. The lowest BCUT2D eigenvalue weighted by atomic mass is 9.78. The van der Waals surface area contributed by atoms with E-state index in [-0.39, 0.29) is 11.8 Å². The van der Waals surface area contributed by atoms with Crippen LogP contribution in [0.1, 0.15) is 12.8 Å². The SMILES string of the molecule is O=C(Nc1cccc2[nH]ncc12)C1CN2CCC1CC2. The highest BCUT2D eigenvalue weighted by Gasteiger charge is 2.38. The van der Waals surface area contributed by atoms with Crippen LogP contribution in [-0.4, -0.2) is 40.6 Å². The zero-order valence-corrected chi connectivity index (χ0v) is 11.3. The predicted molar refractivity (Wildman–Crippen MR) is 77.4 cm³/mol. The number of rotatable bonds is 2. The van der Waals surface area contributed by atoms with E-state index in [0.717, 1.165) is 49.1 Å². The van der Waals surface area contributed by atoms with Crippen molar-refractivity contribution in [3.63, 3.8) is 0 Å². The van der Waals surface area contributed by atoms with Gasteiger partial charge in [0.25, 0.3) is 0 Å². The molecule has 5 heteroatoms. The van der Waals surface area contributed by atoms with E-state index < -0.39 is 0 Å². The molecule has 2 aromatic rings. The van der Waals surface area contributed by atoms with E-state index in [9.17, 15) is 4.79 Å². The van der Waals surface area contributed by atoms with Crippen molar-refractivity contribution in [2.45, 2.75) is 12.8 Å². The van der Waals surface area contributed by atoms with Crippen LogP contribution >= 0.6 is 0 Å². The molecule has 1 amide bonds. The van der Waals surface area contributed by atoms with E-state index in [4.69, 9.17) is 0 Å². The van der Waals surface area contributed by atoms with Gasteiger partial charge in [0, 0.05) is 11.9 Å². The van der Waals surface area contributed by atoms with Gasteiger partial charge in [-0.2, -0.15) is 5.10 Å². The van der Waals surface area contributed by atoms with Gasteiger partial charge in [-0.1, -0.05) is 6.07 Å². The Hall–Kier alpha value is -1.88. The molecule has 1 aromatic heterocycles. The van der Waals surface area contributed by atoms with Crippen molar-refractivity contribution in [1.82, 2.24) is 15.1 Å². The number of piperidine rings is 3. The summed E-state index contributed by atoms with van der Waals surface area (Å²) in [5, 5.41) is 11.0. The molecule has 3 saturated heterocycles. The number of H-pyrrole nitrogens is 1. The zero-order chi connectivity index (χ0) is 13.5. The molecule has 104 valence electrons. The minimum Gasteiger partial charge on any atom is -0.325 e. The summed E-state index contributed by atoms with van der Waals surface area (Å²) in [4.78, 5) is 15.0. The van der Waals surface area contributed by atoms with Gasteiger partial charge in [0.2, 0.25) is 5.91 Å². The molecule has 0 saturated carbocycles. The number of carbonyl (C=O) groups is 1. The van der Waals surface area contributed by atoms with E-state index >= 15 is 0 Å². The summed E-state index contributed by atoms with van der Waals surface area (Å²) in [5.41, 5.74) is 1.81. The van der Waals surface area contributed by atoms with Gasteiger partial charge >= 0.3 is 0 Å². The van der Waals surface area contributed by atoms with Crippen LogP contribution in [-0.2, 0) is 4.79 Å². The van der Waals surface area contributed by atoms with E-state index in [1.165, 1.54) is 0 Å². The van der Waals surface area contributed by atoms with Gasteiger partial charge in [0.05, 0.1) is 23.3 Å². The number of nitrogens with one attached hydrogen (secondary N) is 2. The van der Waals surface area contributed by atoms with Crippen molar-refractivity contribution in [3.8, 4) is 0 Å². The molecule has 20 heavy (non-hydrogen) atoms. The van der Waals surface area contributed by atoms with Crippen LogP contribution in [0.25, 0.3) is 10.9 Å². The van der Waals surface area contributed by atoms with Crippen molar-refractivity contribution >= 4 is 22.5 Å². The minimum atomic E-state index is 0.139. The average Bonchev–Trinajstić information content (AvgIpc) is 2.98. The number of anilines is 1. The smallest absolute Gasteiger partial charge is 0.229 e. The second-order valence-electron chi connectivity index (χ2n) is 5.87. The van der Waals surface area contributed by atoms with E-state index in [1.54, 1.807) is 6.20 Å². The number of aromatic nitrogens is 2. The monoisotopic (exact) mass is 270 g/mol. The van der Waals surface area contributed by atoms with E-state index in [0.29, 0.717) is 5.92 Å². The Balaban J connectivity index is 1.57. The molecular weight excluding hydrogens is 252 g/mol. The molecule has 2 N–H and O–H groups in total. The van der Waals surface area contributed by atoms with E-state index in [1.807, 2.05) is 18.2 Å². The fourth-order valence-corrected chi connectivity index (χ4v) is 3.56. The number of nitrogens with zero attached hydrogens (tertiary/aromatic N) is 2. The molecule has 1 aromatic carbocycles. The molecule has 3 aliphatic heterocycles. The number of amides is 1. The highest BCUT2D eigenvalue weighted by molar-refractivity contribution is 6.01. The third-order valence-corrected chi connectivity index (χ3v) is 4.74. The zero-order valence-electron chi connectivity index (χ0n) is 11.3. The van der Waals surface area contributed by atoms with Gasteiger partial charge in [0.15, 0.2) is 0 Å². The first kappa shape index (κ1) is 11.9. The number of carbonyl (C=O) groups excluding carboxylic acids is 1. The fourth-order valence-electron chi connectivity index (χ4n) is 3.56. The normalized spacial score (nSPS) is 28.7. The van der Waals surface area contributed by atoms with Gasteiger partial charge in [0.1, 0.15) is 0 Å². The molecule has 0 aliphatic carbocycles. The maximum Gasteiger partial charge on any atom is 0.229 e. The van der Waals surface area contributed by atoms with Gasteiger partial charge < -0.3 is 10.2 Å². The number of fused-ring (bicyclic) bond motifs is 4. The van der Waals surface area contributed by atoms with Crippen LogP contribution in [0, 0.1) is 11.8 Å². The molecule has 4 heterocycles. The topological polar surface area (TPSA) is 61.0 Å². The molecule has 5 rings (SSSR count). The fraction of sp³-hybridized carbons (Fsp3) is 0.467. The van der Waals surface area contributed by atoms with Crippen LogP contribution in [0.15, 0.2) is 24.4 Å². The predicted octanol–water partition coefficient (Wildman–Crippen LogP) is 1.84. The van der Waals surface area contributed by atoms with Crippen molar-refractivity contribution in [2.24, 2.45) is 11.8 Å². The van der Waals surface area contributed by atoms with Gasteiger partial charge in [-0.05, 0) is 44.0 Å².